The first kappa shape index (κ1) is 28.5. The van der Waals surface area contributed by atoms with Crippen LogP contribution in [0.15, 0.2) is 76.5 Å². The van der Waals surface area contributed by atoms with Crippen LogP contribution < -0.4 is 10.0 Å². The molecule has 2 amide bonds. The maximum absolute atomic E-state index is 13.8. The van der Waals surface area contributed by atoms with Crippen molar-refractivity contribution in [1.29, 1.82) is 0 Å². The third kappa shape index (κ3) is 5.89. The van der Waals surface area contributed by atoms with Gasteiger partial charge in [0, 0.05) is 16.6 Å². The second-order valence-electron chi connectivity index (χ2n) is 8.40. The van der Waals surface area contributed by atoms with Crippen LogP contribution in [0.25, 0.3) is 0 Å². The van der Waals surface area contributed by atoms with E-state index in [0.717, 1.165) is 21.3 Å². The Hall–Kier alpha value is -2.51. The molecule has 3 aromatic rings. The number of nitrogens with zero attached hydrogens (tertiary/aromatic N) is 2. The number of hydrogen-bond acceptors (Lipinski definition) is 6. The topological polar surface area (TPSA) is 135 Å². The highest BCUT2D eigenvalue weighted by Gasteiger charge is 2.47. The van der Waals surface area contributed by atoms with Crippen LogP contribution in [0.5, 0.6) is 0 Å². The van der Waals surface area contributed by atoms with Gasteiger partial charge in [-0.1, -0.05) is 46.9 Å². The van der Waals surface area contributed by atoms with Gasteiger partial charge in [-0.25, -0.2) is 26.9 Å². The minimum atomic E-state index is -4.42. The number of hydrogen-bond donors (Lipinski definition) is 1. The number of carbonyl (C=O) groups excluding carboxylic acids is 2. The molecule has 0 aliphatic carbocycles. The molecule has 0 aromatic heterocycles. The number of nitrogens with two attached hydrogens (primary N) is 1. The largest absolute Gasteiger partial charge is 0.274 e. The van der Waals surface area contributed by atoms with Crippen molar-refractivity contribution in [3.8, 4) is 0 Å². The van der Waals surface area contributed by atoms with E-state index >= 15 is 0 Å². The summed E-state index contributed by atoms with van der Waals surface area (Å²) >= 11 is 18.3. The van der Waals surface area contributed by atoms with E-state index in [1.54, 1.807) is 24.3 Å². The molecule has 2 N–H and O–H groups in total. The van der Waals surface area contributed by atoms with Crippen LogP contribution in [-0.4, -0.2) is 45.5 Å². The number of anilines is 1. The zero-order valence-corrected chi connectivity index (χ0v) is 23.3. The molecule has 9 nitrogen and oxygen atoms in total. The summed E-state index contributed by atoms with van der Waals surface area (Å²) in [7, 11) is -8.41. The predicted molar refractivity (Wildman–Crippen MR) is 144 cm³/mol. The third-order valence-electron chi connectivity index (χ3n) is 5.88. The lowest BCUT2D eigenvalue weighted by molar-refractivity contribution is -0.122. The summed E-state index contributed by atoms with van der Waals surface area (Å²) in [5.41, 5.74) is 0.782. The van der Waals surface area contributed by atoms with Crippen LogP contribution in [0, 0.1) is 0 Å². The van der Waals surface area contributed by atoms with Gasteiger partial charge < -0.3 is 0 Å². The average Bonchev–Trinajstić information content (AvgIpc) is 3.13. The molecular formula is C24H20Cl3N3O6S2. The molecular weight excluding hydrogens is 597 g/mol. The molecule has 1 heterocycles. The molecule has 0 radical (unpaired) electrons. The Labute approximate surface area is 234 Å². The van der Waals surface area contributed by atoms with E-state index < -0.39 is 44.3 Å². The molecule has 1 aliphatic rings. The predicted octanol–water partition coefficient (Wildman–Crippen LogP) is 3.86. The summed E-state index contributed by atoms with van der Waals surface area (Å²) in [6.45, 7) is -0.173. The molecule has 1 aliphatic heterocycles. The van der Waals surface area contributed by atoms with Crippen molar-refractivity contribution < 1.29 is 26.4 Å². The molecule has 38 heavy (non-hydrogen) atoms. The molecule has 1 fully saturated rings. The van der Waals surface area contributed by atoms with E-state index in [1.807, 2.05) is 0 Å². The number of sulfonamides is 2. The molecule has 200 valence electrons. The summed E-state index contributed by atoms with van der Waals surface area (Å²) in [5, 5.41) is 5.59. The van der Waals surface area contributed by atoms with Crippen LogP contribution in [0.4, 0.5) is 5.69 Å². The second kappa shape index (κ2) is 10.9. The highest BCUT2D eigenvalue weighted by Crippen LogP contribution is 2.33. The van der Waals surface area contributed by atoms with Crippen LogP contribution in [0.1, 0.15) is 12.0 Å². The Morgan fingerprint density at radius 1 is 0.895 bits per heavy atom. The number of carbonyl (C=O) groups is 2. The Morgan fingerprint density at radius 2 is 1.55 bits per heavy atom. The first-order chi connectivity index (χ1) is 17.8. The van der Waals surface area contributed by atoms with Crippen molar-refractivity contribution in [3.63, 3.8) is 0 Å². The molecule has 1 atom stereocenters. The number of benzene rings is 3. The van der Waals surface area contributed by atoms with Gasteiger partial charge in [0.25, 0.3) is 5.91 Å². The molecule has 1 saturated heterocycles. The van der Waals surface area contributed by atoms with Gasteiger partial charge in [0.2, 0.25) is 26.0 Å². The molecule has 4 rings (SSSR count). The summed E-state index contributed by atoms with van der Waals surface area (Å²) in [4.78, 5) is 26.8. The van der Waals surface area contributed by atoms with Crippen molar-refractivity contribution in [2.45, 2.75) is 28.7 Å². The van der Waals surface area contributed by atoms with Gasteiger partial charge >= 0.3 is 0 Å². The van der Waals surface area contributed by atoms with Crippen molar-refractivity contribution in [1.82, 2.24) is 4.31 Å². The zero-order chi connectivity index (χ0) is 27.8. The smallest absolute Gasteiger partial charge is 0.252 e. The lowest BCUT2D eigenvalue weighted by atomic mass is 10.1. The quantitative estimate of drug-likeness (QED) is 0.382. The third-order valence-corrected chi connectivity index (χ3v) is 9.67. The fraction of sp³-hybridized carbons (Fsp3) is 0.167. The fourth-order valence-electron chi connectivity index (χ4n) is 4.07. The zero-order valence-electron chi connectivity index (χ0n) is 19.4. The summed E-state index contributed by atoms with van der Waals surface area (Å²) in [6, 6.07) is 14.1. The molecule has 0 spiro atoms. The first-order valence-corrected chi connectivity index (χ1v) is 15.1. The van der Waals surface area contributed by atoms with Gasteiger partial charge in [-0.05, 0) is 66.6 Å². The van der Waals surface area contributed by atoms with E-state index in [-0.39, 0.29) is 38.5 Å². The summed E-state index contributed by atoms with van der Waals surface area (Å²) in [5.74, 6) is -1.46. The maximum Gasteiger partial charge on any atom is 0.252 e. The number of halogens is 3. The molecule has 0 bridgehead atoms. The van der Waals surface area contributed by atoms with Crippen molar-refractivity contribution >= 4 is 72.4 Å². The first-order valence-electron chi connectivity index (χ1n) is 11.0. The fourth-order valence-corrected chi connectivity index (χ4v) is 7.12. The Balaban J connectivity index is 1.73. The van der Waals surface area contributed by atoms with Crippen LogP contribution in [-0.2, 0) is 36.1 Å². The molecule has 14 heteroatoms. The molecule has 3 aromatic carbocycles. The normalized spacial score (nSPS) is 16.4. The molecule has 0 saturated carbocycles. The Morgan fingerprint density at radius 3 is 2.18 bits per heavy atom. The Bertz CT molecular complexity index is 1630. The van der Waals surface area contributed by atoms with Gasteiger partial charge in [0.05, 0.1) is 22.0 Å². The minimum absolute atomic E-state index is 0.0721. The number of imide groups is 1. The van der Waals surface area contributed by atoms with Gasteiger partial charge in [-0.15, -0.1) is 0 Å². The minimum Gasteiger partial charge on any atom is -0.274 e. The van der Waals surface area contributed by atoms with Crippen LogP contribution >= 0.6 is 34.8 Å². The number of primary sulfonamides is 1. The van der Waals surface area contributed by atoms with Crippen molar-refractivity contribution in [2.24, 2.45) is 5.14 Å². The second-order valence-corrected chi connectivity index (χ2v) is 13.1. The highest BCUT2D eigenvalue weighted by atomic mass is 35.5. The number of amides is 2. The van der Waals surface area contributed by atoms with Gasteiger partial charge in [-0.3, -0.25) is 9.59 Å². The number of rotatable bonds is 8. The maximum atomic E-state index is 13.8. The van der Waals surface area contributed by atoms with Gasteiger partial charge in [0.1, 0.15) is 10.9 Å². The summed E-state index contributed by atoms with van der Waals surface area (Å²) < 4.78 is 51.7. The van der Waals surface area contributed by atoms with E-state index in [1.165, 1.54) is 30.3 Å². The van der Waals surface area contributed by atoms with E-state index in [4.69, 9.17) is 39.9 Å². The van der Waals surface area contributed by atoms with Crippen LogP contribution in [0.3, 0.4) is 0 Å². The highest BCUT2D eigenvalue weighted by molar-refractivity contribution is 7.89. The summed E-state index contributed by atoms with van der Waals surface area (Å²) in [6.07, 6.45) is -0.262. The van der Waals surface area contributed by atoms with Crippen LogP contribution in [0.2, 0.25) is 15.1 Å². The lowest BCUT2D eigenvalue weighted by Gasteiger charge is -2.27. The monoisotopic (exact) mass is 615 g/mol. The van der Waals surface area contributed by atoms with E-state index in [9.17, 15) is 26.4 Å². The van der Waals surface area contributed by atoms with E-state index in [2.05, 4.69) is 0 Å². The Kier molecular flexibility index (Phi) is 8.20. The molecule has 1 unspecified atom stereocenters. The SMILES string of the molecule is NS(=O)(=O)c1ccc(N2C(=O)CC(N(CCc3cccc(Cl)c3)S(=O)(=O)c3cc(Cl)ccc3Cl)C2=O)cc1. The van der Waals surface area contributed by atoms with Crippen molar-refractivity contribution in [2.75, 3.05) is 11.4 Å². The lowest BCUT2D eigenvalue weighted by Crippen LogP contribution is -2.46. The van der Waals surface area contributed by atoms with Gasteiger partial charge in [-0.2, -0.15) is 4.31 Å². The average molecular weight is 617 g/mol. The van der Waals surface area contributed by atoms with Gasteiger partial charge in [0.15, 0.2) is 0 Å². The van der Waals surface area contributed by atoms with Crippen molar-refractivity contribution in [3.05, 3.63) is 87.4 Å². The standard InChI is InChI=1S/C24H20Cl3N3O6S2/c25-16-3-1-2-15(12-16)10-11-29(38(35,36)22-13-17(26)4-9-20(22)27)21-14-23(31)30(24(21)32)18-5-7-19(8-6-18)37(28,33)34/h1-9,12-13,21H,10-11,14H2,(H2,28,33,34). The van der Waals surface area contributed by atoms with E-state index in [0.29, 0.717) is 10.6 Å².